The van der Waals surface area contributed by atoms with Gasteiger partial charge in [0.2, 0.25) is 5.91 Å². The van der Waals surface area contributed by atoms with Crippen LogP contribution in [-0.2, 0) is 9.53 Å². The third-order valence-corrected chi connectivity index (χ3v) is 5.25. The number of ether oxygens (including phenoxy) is 1. The number of amides is 1. The number of halogens is 1. The fourth-order valence-corrected chi connectivity index (χ4v) is 3.91. The second kappa shape index (κ2) is 8.25. The van der Waals surface area contributed by atoms with Crippen LogP contribution in [0.15, 0.2) is 24.3 Å². The molecule has 0 aliphatic carbocycles. The maximum Gasteiger partial charge on any atom is 0.244 e. The molecule has 0 N–H and O–H groups in total. The predicted molar refractivity (Wildman–Crippen MR) is 94.8 cm³/mol. The van der Waals surface area contributed by atoms with Gasteiger partial charge in [-0.1, -0.05) is 12.1 Å². The molecule has 0 bridgehead atoms. The van der Waals surface area contributed by atoms with E-state index in [0.29, 0.717) is 11.6 Å². The van der Waals surface area contributed by atoms with Gasteiger partial charge in [-0.05, 0) is 44.6 Å². The molecule has 2 fully saturated rings. The highest BCUT2D eigenvalue weighted by Gasteiger charge is 2.32. The Morgan fingerprint density at radius 1 is 1.20 bits per heavy atom. The fraction of sp³-hybridized carbons (Fsp3) is 0.632. The van der Waals surface area contributed by atoms with E-state index >= 15 is 0 Å². The Kier molecular flexibility index (Phi) is 6.04. The monoisotopic (exact) mass is 349 g/mol. The van der Waals surface area contributed by atoms with E-state index in [2.05, 4.69) is 4.90 Å². The van der Waals surface area contributed by atoms with Crippen LogP contribution in [0.5, 0.6) is 0 Å². The van der Waals surface area contributed by atoms with Crippen molar-refractivity contribution in [3.63, 3.8) is 0 Å². The average molecular weight is 349 g/mol. The summed E-state index contributed by atoms with van der Waals surface area (Å²) in [7, 11) is 3.74. The Bertz CT molecular complexity index is 582. The van der Waals surface area contributed by atoms with Gasteiger partial charge in [0.25, 0.3) is 0 Å². The Morgan fingerprint density at radius 2 is 1.88 bits per heavy atom. The highest BCUT2D eigenvalue weighted by Crippen LogP contribution is 2.25. The van der Waals surface area contributed by atoms with E-state index in [1.54, 1.807) is 6.07 Å². The van der Waals surface area contributed by atoms with E-state index in [0.717, 1.165) is 52.2 Å². The number of nitrogens with zero attached hydrogens (tertiary/aromatic N) is 3. The molecular formula is C19H28FN3O2. The molecule has 1 aromatic rings. The van der Waals surface area contributed by atoms with E-state index in [4.69, 9.17) is 4.74 Å². The number of rotatable bonds is 4. The van der Waals surface area contributed by atoms with Crippen molar-refractivity contribution < 1.29 is 13.9 Å². The molecule has 2 aliphatic heterocycles. The lowest BCUT2D eigenvalue weighted by Gasteiger charge is -2.41. The van der Waals surface area contributed by atoms with Crippen molar-refractivity contribution in [2.75, 3.05) is 53.5 Å². The van der Waals surface area contributed by atoms with Crippen LogP contribution in [0.4, 0.5) is 4.39 Å². The van der Waals surface area contributed by atoms with Crippen molar-refractivity contribution in [3.05, 3.63) is 35.6 Å². The minimum Gasteiger partial charge on any atom is -0.379 e. The molecule has 25 heavy (non-hydrogen) atoms. The lowest BCUT2D eigenvalue weighted by molar-refractivity contribution is -0.138. The van der Waals surface area contributed by atoms with Crippen molar-refractivity contribution in [1.82, 2.24) is 14.7 Å². The molecule has 1 atom stereocenters. The molecule has 2 heterocycles. The fourth-order valence-electron chi connectivity index (χ4n) is 3.91. The third-order valence-electron chi connectivity index (χ3n) is 5.25. The maximum absolute atomic E-state index is 13.6. The standard InChI is InChI=1S/C19H28FN3O2/c1-21(2)18(15-4-3-5-16(20)14-15)19(24)23-8-6-17(7-9-23)22-10-12-25-13-11-22/h3-5,14,17-18H,6-13H2,1-2H3. The molecule has 5 nitrogen and oxygen atoms in total. The molecule has 0 saturated carbocycles. The van der Waals surface area contributed by atoms with E-state index in [1.807, 2.05) is 30.0 Å². The van der Waals surface area contributed by atoms with Gasteiger partial charge in [-0.2, -0.15) is 0 Å². The molecular weight excluding hydrogens is 321 g/mol. The molecule has 1 unspecified atom stereocenters. The number of piperidine rings is 1. The number of morpholine rings is 1. The quantitative estimate of drug-likeness (QED) is 0.830. The first-order chi connectivity index (χ1) is 12.1. The lowest BCUT2D eigenvalue weighted by Crippen LogP contribution is -2.51. The number of carbonyl (C=O) groups excluding carboxylic acids is 1. The van der Waals surface area contributed by atoms with Crippen molar-refractivity contribution >= 4 is 5.91 Å². The van der Waals surface area contributed by atoms with E-state index in [9.17, 15) is 9.18 Å². The summed E-state index contributed by atoms with van der Waals surface area (Å²) in [4.78, 5) is 19.4. The van der Waals surface area contributed by atoms with Crippen LogP contribution in [-0.4, -0.2) is 80.1 Å². The minimum atomic E-state index is -0.435. The van der Waals surface area contributed by atoms with Crippen LogP contribution in [0.1, 0.15) is 24.4 Å². The summed E-state index contributed by atoms with van der Waals surface area (Å²) in [6, 6.07) is 6.47. The summed E-state index contributed by atoms with van der Waals surface area (Å²) < 4.78 is 19.0. The minimum absolute atomic E-state index is 0.0658. The Labute approximate surface area is 149 Å². The van der Waals surface area contributed by atoms with Gasteiger partial charge in [-0.15, -0.1) is 0 Å². The molecule has 2 aliphatic rings. The van der Waals surface area contributed by atoms with Crippen molar-refractivity contribution in [3.8, 4) is 0 Å². The Hall–Kier alpha value is -1.50. The lowest BCUT2D eigenvalue weighted by atomic mass is 9.99. The van der Waals surface area contributed by atoms with Gasteiger partial charge < -0.3 is 9.64 Å². The zero-order valence-corrected chi connectivity index (χ0v) is 15.2. The molecule has 1 amide bonds. The predicted octanol–water partition coefficient (Wildman–Crippen LogP) is 1.75. The second-order valence-electron chi connectivity index (χ2n) is 7.13. The van der Waals surface area contributed by atoms with Gasteiger partial charge in [-0.25, -0.2) is 4.39 Å². The molecule has 0 radical (unpaired) electrons. The van der Waals surface area contributed by atoms with E-state index in [-0.39, 0.29) is 11.7 Å². The van der Waals surface area contributed by atoms with Gasteiger partial charge in [0.15, 0.2) is 0 Å². The van der Waals surface area contributed by atoms with Gasteiger partial charge in [-0.3, -0.25) is 14.6 Å². The molecule has 6 heteroatoms. The first kappa shape index (κ1) is 18.3. The molecule has 3 rings (SSSR count). The average Bonchev–Trinajstić information content (AvgIpc) is 2.62. The number of hydrogen-bond acceptors (Lipinski definition) is 4. The highest BCUT2D eigenvalue weighted by atomic mass is 19.1. The SMILES string of the molecule is CN(C)C(C(=O)N1CCC(N2CCOCC2)CC1)c1cccc(F)c1. The summed E-state index contributed by atoms with van der Waals surface area (Å²) in [5.74, 6) is -0.237. The topological polar surface area (TPSA) is 36.0 Å². The van der Waals surface area contributed by atoms with Crippen LogP contribution >= 0.6 is 0 Å². The molecule has 1 aromatic carbocycles. The summed E-state index contributed by atoms with van der Waals surface area (Å²) in [6.07, 6.45) is 1.99. The third kappa shape index (κ3) is 4.37. The highest BCUT2D eigenvalue weighted by molar-refractivity contribution is 5.83. The molecule has 0 spiro atoms. The van der Waals surface area contributed by atoms with Gasteiger partial charge in [0.05, 0.1) is 13.2 Å². The number of hydrogen-bond donors (Lipinski definition) is 0. The van der Waals surface area contributed by atoms with Crippen molar-refractivity contribution in [2.45, 2.75) is 24.9 Å². The second-order valence-corrected chi connectivity index (χ2v) is 7.13. The zero-order chi connectivity index (χ0) is 17.8. The first-order valence-corrected chi connectivity index (χ1v) is 9.09. The number of carbonyl (C=O) groups is 1. The van der Waals surface area contributed by atoms with E-state index < -0.39 is 6.04 Å². The van der Waals surface area contributed by atoms with Crippen LogP contribution in [0, 0.1) is 5.82 Å². The summed E-state index contributed by atoms with van der Waals surface area (Å²) in [5, 5.41) is 0. The van der Waals surface area contributed by atoms with Crippen LogP contribution in [0.2, 0.25) is 0 Å². The smallest absolute Gasteiger partial charge is 0.244 e. The Morgan fingerprint density at radius 3 is 2.48 bits per heavy atom. The first-order valence-electron chi connectivity index (χ1n) is 9.09. The number of benzene rings is 1. The summed E-state index contributed by atoms with van der Waals surface area (Å²) in [6.45, 7) is 5.12. The summed E-state index contributed by atoms with van der Waals surface area (Å²) >= 11 is 0. The number of likely N-dealkylation sites (tertiary alicyclic amines) is 1. The van der Waals surface area contributed by atoms with Crippen molar-refractivity contribution in [2.24, 2.45) is 0 Å². The van der Waals surface area contributed by atoms with Gasteiger partial charge in [0, 0.05) is 32.2 Å². The maximum atomic E-state index is 13.6. The van der Waals surface area contributed by atoms with Crippen LogP contribution < -0.4 is 0 Å². The summed E-state index contributed by atoms with van der Waals surface area (Å²) in [5.41, 5.74) is 0.713. The normalized spacial score (nSPS) is 21.5. The molecule has 138 valence electrons. The zero-order valence-electron chi connectivity index (χ0n) is 15.2. The van der Waals surface area contributed by atoms with Crippen LogP contribution in [0.25, 0.3) is 0 Å². The molecule has 2 saturated heterocycles. The largest absolute Gasteiger partial charge is 0.379 e. The van der Waals surface area contributed by atoms with E-state index in [1.165, 1.54) is 12.1 Å². The van der Waals surface area contributed by atoms with Gasteiger partial charge in [0.1, 0.15) is 11.9 Å². The Balaban J connectivity index is 1.63. The van der Waals surface area contributed by atoms with Crippen molar-refractivity contribution in [1.29, 1.82) is 0 Å². The molecule has 0 aromatic heterocycles. The number of likely N-dealkylation sites (N-methyl/N-ethyl adjacent to an activating group) is 1. The van der Waals surface area contributed by atoms with Gasteiger partial charge >= 0.3 is 0 Å². The van der Waals surface area contributed by atoms with Crippen LogP contribution in [0.3, 0.4) is 0 Å².